The fourth-order valence-corrected chi connectivity index (χ4v) is 1.96. The Morgan fingerprint density at radius 2 is 1.42 bits per heavy atom. The smallest absolute Gasteiger partial charge is 0.0259 e. The first-order valence-corrected chi connectivity index (χ1v) is 4.99. The first-order chi connectivity index (χ1) is 5.97. The molecular weight excluding hydrogens is 150 g/mol. The van der Waals surface area contributed by atoms with Gasteiger partial charge in [-0.05, 0) is 19.3 Å². The zero-order chi connectivity index (χ0) is 8.23. The number of piperazine rings is 1. The van der Waals surface area contributed by atoms with Crippen molar-refractivity contribution < 1.29 is 0 Å². The lowest BCUT2D eigenvalue weighted by molar-refractivity contribution is -0.0402. The van der Waals surface area contributed by atoms with Crippen molar-refractivity contribution >= 4 is 0 Å². The summed E-state index contributed by atoms with van der Waals surface area (Å²) in [7, 11) is 0. The Labute approximate surface area is 74.7 Å². The number of rotatable bonds is 1. The highest BCUT2D eigenvalue weighted by molar-refractivity contribution is 4.77. The molecule has 2 rings (SSSR count). The highest BCUT2D eigenvalue weighted by atomic mass is 15.6. The number of hydrazine groups is 1. The topological polar surface area (TPSA) is 18.5 Å². The molecule has 0 saturated carbocycles. The van der Waals surface area contributed by atoms with Crippen LogP contribution in [0.5, 0.6) is 0 Å². The van der Waals surface area contributed by atoms with Gasteiger partial charge in [0.15, 0.2) is 0 Å². The highest BCUT2D eigenvalue weighted by Crippen LogP contribution is 2.10. The Balaban J connectivity index is 1.80. The third-order valence-electron chi connectivity index (χ3n) is 2.68. The fourth-order valence-electron chi connectivity index (χ4n) is 1.96. The number of nitrogens with one attached hydrogen (secondary N) is 1. The van der Waals surface area contributed by atoms with Crippen LogP contribution in [0.25, 0.3) is 0 Å². The Bertz CT molecular complexity index is 110. The van der Waals surface area contributed by atoms with Crippen molar-refractivity contribution in [1.82, 2.24) is 15.3 Å². The second kappa shape index (κ2) is 4.21. The van der Waals surface area contributed by atoms with E-state index >= 15 is 0 Å². The molecule has 0 bridgehead atoms. The van der Waals surface area contributed by atoms with E-state index in [0.717, 1.165) is 13.1 Å². The molecule has 3 nitrogen and oxygen atoms in total. The molecule has 0 atom stereocenters. The number of piperidine rings is 1. The quantitative estimate of drug-likeness (QED) is 0.599. The third-order valence-corrected chi connectivity index (χ3v) is 2.68. The lowest BCUT2D eigenvalue weighted by Gasteiger charge is -2.39. The van der Waals surface area contributed by atoms with Crippen LogP contribution in [0, 0.1) is 6.42 Å². The molecule has 0 unspecified atom stereocenters. The molecule has 0 aromatic carbocycles. The van der Waals surface area contributed by atoms with Crippen molar-refractivity contribution in [2.75, 3.05) is 39.3 Å². The van der Waals surface area contributed by atoms with Crippen molar-refractivity contribution in [3.63, 3.8) is 0 Å². The van der Waals surface area contributed by atoms with Crippen LogP contribution in [0.2, 0.25) is 0 Å². The highest BCUT2D eigenvalue weighted by Gasteiger charge is 2.19. The van der Waals surface area contributed by atoms with E-state index in [9.17, 15) is 0 Å². The summed E-state index contributed by atoms with van der Waals surface area (Å²) in [5.74, 6) is 0. The molecule has 0 aromatic heterocycles. The minimum Gasteiger partial charge on any atom is -0.314 e. The van der Waals surface area contributed by atoms with Crippen molar-refractivity contribution in [2.45, 2.75) is 12.8 Å². The predicted octanol–water partition coefficient (Wildman–Crippen LogP) is 0.107. The van der Waals surface area contributed by atoms with Gasteiger partial charge in [0.1, 0.15) is 0 Å². The Kier molecular flexibility index (Phi) is 2.98. The molecule has 0 spiro atoms. The molecule has 2 saturated heterocycles. The molecule has 2 aliphatic heterocycles. The Morgan fingerprint density at radius 1 is 0.833 bits per heavy atom. The molecule has 2 aliphatic rings. The average Bonchev–Trinajstić information content (AvgIpc) is 2.21. The van der Waals surface area contributed by atoms with Gasteiger partial charge in [0.25, 0.3) is 0 Å². The van der Waals surface area contributed by atoms with Crippen LogP contribution in [-0.4, -0.2) is 49.3 Å². The van der Waals surface area contributed by atoms with Crippen molar-refractivity contribution in [3.05, 3.63) is 6.42 Å². The van der Waals surface area contributed by atoms with Gasteiger partial charge in [-0.25, -0.2) is 10.0 Å². The molecule has 0 aromatic rings. The molecule has 2 heterocycles. The molecule has 0 amide bonds. The van der Waals surface area contributed by atoms with Gasteiger partial charge in [0, 0.05) is 39.3 Å². The first-order valence-electron chi connectivity index (χ1n) is 4.99. The minimum atomic E-state index is 1.15. The van der Waals surface area contributed by atoms with Gasteiger partial charge < -0.3 is 5.32 Å². The van der Waals surface area contributed by atoms with E-state index in [4.69, 9.17) is 0 Å². The molecule has 2 fully saturated rings. The molecule has 3 heteroatoms. The van der Waals surface area contributed by atoms with Crippen LogP contribution in [0.3, 0.4) is 0 Å². The van der Waals surface area contributed by atoms with Gasteiger partial charge in [-0.3, -0.25) is 0 Å². The zero-order valence-electron chi connectivity index (χ0n) is 7.63. The average molecular weight is 168 g/mol. The zero-order valence-corrected chi connectivity index (χ0v) is 7.63. The van der Waals surface area contributed by atoms with E-state index in [1.165, 1.54) is 39.0 Å². The van der Waals surface area contributed by atoms with Crippen LogP contribution in [-0.2, 0) is 0 Å². The second-order valence-electron chi connectivity index (χ2n) is 3.52. The van der Waals surface area contributed by atoms with Crippen LogP contribution in [0.1, 0.15) is 12.8 Å². The van der Waals surface area contributed by atoms with E-state index < -0.39 is 0 Å². The summed E-state index contributed by atoms with van der Waals surface area (Å²) in [6.07, 6.45) is 4.94. The predicted molar refractivity (Wildman–Crippen MR) is 49.5 cm³/mol. The minimum absolute atomic E-state index is 1.15. The maximum atomic E-state index is 3.38. The van der Waals surface area contributed by atoms with Crippen molar-refractivity contribution in [2.24, 2.45) is 0 Å². The monoisotopic (exact) mass is 168 g/mol. The van der Waals surface area contributed by atoms with E-state index in [2.05, 4.69) is 21.8 Å². The summed E-state index contributed by atoms with van der Waals surface area (Å²) in [5, 5.41) is 8.40. The van der Waals surface area contributed by atoms with Gasteiger partial charge in [-0.15, -0.1) is 0 Å². The summed E-state index contributed by atoms with van der Waals surface area (Å²) in [6, 6.07) is 0. The Hall–Kier alpha value is -0.120. The van der Waals surface area contributed by atoms with Gasteiger partial charge in [-0.2, -0.15) is 0 Å². The molecule has 12 heavy (non-hydrogen) atoms. The maximum absolute atomic E-state index is 3.38. The second-order valence-corrected chi connectivity index (χ2v) is 3.52. The van der Waals surface area contributed by atoms with Crippen LogP contribution >= 0.6 is 0 Å². The maximum Gasteiger partial charge on any atom is 0.0259 e. The largest absolute Gasteiger partial charge is 0.314 e. The van der Waals surface area contributed by atoms with Gasteiger partial charge >= 0.3 is 0 Å². The van der Waals surface area contributed by atoms with E-state index in [1.807, 2.05) is 0 Å². The van der Waals surface area contributed by atoms with Crippen LogP contribution < -0.4 is 5.32 Å². The number of nitrogens with zero attached hydrogens (tertiary/aromatic N) is 2. The van der Waals surface area contributed by atoms with E-state index in [0.29, 0.717) is 0 Å². The normalized spacial score (nSPS) is 29.0. The van der Waals surface area contributed by atoms with Gasteiger partial charge in [0.2, 0.25) is 0 Å². The van der Waals surface area contributed by atoms with Gasteiger partial charge in [-0.1, -0.05) is 0 Å². The molecule has 0 aliphatic carbocycles. The lowest BCUT2D eigenvalue weighted by Crippen LogP contribution is -2.53. The molecular formula is C9H18N3. The van der Waals surface area contributed by atoms with Crippen LogP contribution in [0.15, 0.2) is 0 Å². The lowest BCUT2D eigenvalue weighted by atomic mass is 10.2. The summed E-state index contributed by atoms with van der Waals surface area (Å²) in [4.78, 5) is 0. The van der Waals surface area contributed by atoms with Gasteiger partial charge in [0.05, 0.1) is 0 Å². The van der Waals surface area contributed by atoms with Crippen molar-refractivity contribution in [1.29, 1.82) is 0 Å². The summed E-state index contributed by atoms with van der Waals surface area (Å²) >= 11 is 0. The third kappa shape index (κ3) is 1.97. The summed E-state index contributed by atoms with van der Waals surface area (Å²) < 4.78 is 0. The summed E-state index contributed by atoms with van der Waals surface area (Å²) in [5.41, 5.74) is 0. The first kappa shape index (κ1) is 8.48. The Morgan fingerprint density at radius 3 is 2.08 bits per heavy atom. The summed E-state index contributed by atoms with van der Waals surface area (Å²) in [6.45, 7) is 7.17. The molecule has 1 radical (unpaired) electrons. The number of hydrogen-bond donors (Lipinski definition) is 1. The van der Waals surface area contributed by atoms with E-state index in [-0.39, 0.29) is 0 Å². The molecule has 1 N–H and O–H groups in total. The fraction of sp³-hybridized carbons (Fsp3) is 0.889. The molecule has 69 valence electrons. The standard InChI is InChI=1S/C9H18N3/c1-2-6-11(7-3-1)12-8-4-10-5-9-12/h1,10H,2-9H2. The van der Waals surface area contributed by atoms with Crippen molar-refractivity contribution in [3.8, 4) is 0 Å². The van der Waals surface area contributed by atoms with E-state index in [1.54, 1.807) is 0 Å². The number of hydrogen-bond acceptors (Lipinski definition) is 3. The van der Waals surface area contributed by atoms with Crippen LogP contribution in [0.4, 0.5) is 0 Å². The SMILES string of the molecule is [CH]1CCN(N2CCNCC2)CC1.